The number of nitrogens with one attached hydrogen (secondary N) is 1. The van der Waals surface area contributed by atoms with Gasteiger partial charge in [-0.15, -0.1) is 11.8 Å². The first kappa shape index (κ1) is 27.4. The molecule has 7 nitrogen and oxygen atoms in total. The standard InChI is InChI=1S/C30H30N2O5S2/c1-21-27(20-38-28-12-5-6-17-31-28)36-30(37-29(21)23-15-13-22(19-33)14-16-23)24-8-7-9-25(18-24)32-39(34,35)26-10-3-2-4-11-26/h2-18,21,27,29-30,32-33H,19-20H2,1H3/t21-,27+,29+,30+/m0/s1. The summed E-state index contributed by atoms with van der Waals surface area (Å²) in [7, 11) is -3.74. The van der Waals surface area contributed by atoms with Crippen molar-refractivity contribution in [2.75, 3.05) is 10.5 Å². The third kappa shape index (κ3) is 6.69. The fourth-order valence-electron chi connectivity index (χ4n) is 4.47. The minimum Gasteiger partial charge on any atom is -0.392 e. The van der Waals surface area contributed by atoms with Gasteiger partial charge in [0.15, 0.2) is 6.29 Å². The Kier molecular flexibility index (Phi) is 8.64. The molecule has 1 aliphatic heterocycles. The van der Waals surface area contributed by atoms with Crippen molar-refractivity contribution in [3.8, 4) is 0 Å². The number of anilines is 1. The average molecular weight is 563 g/mol. The molecule has 202 valence electrons. The molecule has 0 spiro atoms. The summed E-state index contributed by atoms with van der Waals surface area (Å²) in [6.07, 6.45) is 0.630. The van der Waals surface area contributed by atoms with Crippen molar-refractivity contribution in [2.45, 2.75) is 42.0 Å². The maximum atomic E-state index is 12.9. The van der Waals surface area contributed by atoms with Gasteiger partial charge in [-0.05, 0) is 47.5 Å². The van der Waals surface area contributed by atoms with Crippen LogP contribution in [-0.2, 0) is 26.1 Å². The first-order valence-corrected chi connectivity index (χ1v) is 15.1. The van der Waals surface area contributed by atoms with Crippen LogP contribution in [0.3, 0.4) is 0 Å². The smallest absolute Gasteiger partial charge is 0.261 e. The molecule has 0 bridgehead atoms. The van der Waals surface area contributed by atoms with E-state index in [1.54, 1.807) is 66.5 Å². The molecule has 3 aromatic carbocycles. The third-order valence-electron chi connectivity index (χ3n) is 6.62. The second-order valence-corrected chi connectivity index (χ2v) is 12.1. The molecule has 1 aliphatic rings. The highest BCUT2D eigenvalue weighted by atomic mass is 32.2. The van der Waals surface area contributed by atoms with E-state index in [-0.39, 0.29) is 29.6 Å². The lowest BCUT2D eigenvalue weighted by atomic mass is 9.91. The lowest BCUT2D eigenvalue weighted by Crippen LogP contribution is -2.38. The molecule has 0 radical (unpaired) electrons. The van der Waals surface area contributed by atoms with Crippen molar-refractivity contribution in [1.82, 2.24) is 4.98 Å². The van der Waals surface area contributed by atoms with Crippen LogP contribution in [0.25, 0.3) is 0 Å². The van der Waals surface area contributed by atoms with Gasteiger partial charge < -0.3 is 14.6 Å². The van der Waals surface area contributed by atoms with E-state index in [9.17, 15) is 13.5 Å². The molecule has 0 saturated carbocycles. The van der Waals surface area contributed by atoms with Crippen molar-refractivity contribution in [3.05, 3.63) is 120 Å². The summed E-state index contributed by atoms with van der Waals surface area (Å²) in [4.78, 5) is 4.61. The van der Waals surface area contributed by atoms with Crippen LogP contribution in [0.2, 0.25) is 0 Å². The lowest BCUT2D eigenvalue weighted by Gasteiger charge is -2.41. The molecule has 39 heavy (non-hydrogen) atoms. The second kappa shape index (κ2) is 12.3. The van der Waals surface area contributed by atoms with E-state index in [2.05, 4.69) is 16.6 Å². The summed E-state index contributed by atoms with van der Waals surface area (Å²) in [5.41, 5.74) is 2.95. The summed E-state index contributed by atoms with van der Waals surface area (Å²) in [5, 5.41) is 10.4. The topological polar surface area (TPSA) is 97.8 Å². The van der Waals surface area contributed by atoms with E-state index in [0.717, 1.165) is 16.2 Å². The number of aliphatic hydroxyl groups excluding tert-OH is 1. The highest BCUT2D eigenvalue weighted by Crippen LogP contribution is 2.43. The van der Waals surface area contributed by atoms with Gasteiger partial charge in [0, 0.05) is 29.1 Å². The van der Waals surface area contributed by atoms with Crippen LogP contribution in [0.4, 0.5) is 5.69 Å². The van der Waals surface area contributed by atoms with Crippen LogP contribution in [0.1, 0.15) is 36.0 Å². The molecule has 1 fully saturated rings. The summed E-state index contributed by atoms with van der Waals surface area (Å²) < 4.78 is 41.4. The van der Waals surface area contributed by atoms with E-state index in [0.29, 0.717) is 17.0 Å². The zero-order chi connectivity index (χ0) is 27.2. The summed E-state index contributed by atoms with van der Waals surface area (Å²) >= 11 is 1.62. The minimum atomic E-state index is -3.74. The number of benzene rings is 3. The molecule has 0 aliphatic carbocycles. The Morgan fingerprint density at radius 1 is 0.897 bits per heavy atom. The highest BCUT2D eigenvalue weighted by molar-refractivity contribution is 7.99. The van der Waals surface area contributed by atoms with E-state index in [4.69, 9.17) is 9.47 Å². The van der Waals surface area contributed by atoms with E-state index < -0.39 is 16.3 Å². The molecule has 4 atom stereocenters. The van der Waals surface area contributed by atoms with Crippen molar-refractivity contribution < 1.29 is 23.0 Å². The highest BCUT2D eigenvalue weighted by Gasteiger charge is 2.38. The largest absolute Gasteiger partial charge is 0.392 e. The third-order valence-corrected chi connectivity index (χ3v) is 9.05. The molecule has 9 heteroatoms. The summed E-state index contributed by atoms with van der Waals surface area (Å²) in [5.74, 6) is 0.695. The van der Waals surface area contributed by atoms with Crippen LogP contribution >= 0.6 is 11.8 Å². The van der Waals surface area contributed by atoms with Gasteiger partial charge in [0.1, 0.15) is 0 Å². The monoisotopic (exact) mass is 562 g/mol. The fraction of sp³-hybridized carbons (Fsp3) is 0.233. The lowest BCUT2D eigenvalue weighted by molar-refractivity contribution is -0.268. The molecular weight excluding hydrogens is 532 g/mol. The molecule has 0 unspecified atom stereocenters. The zero-order valence-electron chi connectivity index (χ0n) is 21.4. The molecule has 1 aromatic heterocycles. The first-order valence-electron chi connectivity index (χ1n) is 12.7. The number of thioether (sulfide) groups is 1. The number of nitrogens with zero attached hydrogens (tertiary/aromatic N) is 1. The number of pyridine rings is 1. The van der Waals surface area contributed by atoms with E-state index in [1.807, 2.05) is 48.5 Å². The van der Waals surface area contributed by atoms with Crippen LogP contribution in [0.5, 0.6) is 0 Å². The number of aliphatic hydroxyl groups is 1. The Balaban J connectivity index is 1.40. The molecule has 5 rings (SSSR count). The number of sulfonamides is 1. The normalized spacial score (nSPS) is 21.4. The van der Waals surface area contributed by atoms with Crippen molar-refractivity contribution >= 4 is 27.5 Å². The quantitative estimate of drug-likeness (QED) is 0.243. The van der Waals surface area contributed by atoms with Gasteiger partial charge in [-0.3, -0.25) is 4.72 Å². The number of aromatic nitrogens is 1. The second-order valence-electron chi connectivity index (χ2n) is 9.34. The van der Waals surface area contributed by atoms with Gasteiger partial charge in [-0.1, -0.05) is 67.6 Å². The van der Waals surface area contributed by atoms with Crippen LogP contribution in [0.15, 0.2) is 113 Å². The molecule has 1 saturated heterocycles. The maximum Gasteiger partial charge on any atom is 0.261 e. The Hall–Kier alpha value is -3.21. The van der Waals surface area contributed by atoms with Gasteiger partial charge in [0.05, 0.1) is 28.7 Å². The van der Waals surface area contributed by atoms with Gasteiger partial charge in [-0.25, -0.2) is 13.4 Å². The van der Waals surface area contributed by atoms with Gasteiger partial charge in [0.2, 0.25) is 0 Å². The Morgan fingerprint density at radius 2 is 1.67 bits per heavy atom. The summed E-state index contributed by atoms with van der Waals surface area (Å²) in [6.45, 7) is 2.08. The van der Waals surface area contributed by atoms with Gasteiger partial charge in [0.25, 0.3) is 10.0 Å². The number of hydrogen-bond acceptors (Lipinski definition) is 7. The average Bonchev–Trinajstić information content (AvgIpc) is 2.97. The van der Waals surface area contributed by atoms with Crippen molar-refractivity contribution in [3.63, 3.8) is 0 Å². The molecule has 2 N–H and O–H groups in total. The predicted molar refractivity (Wildman–Crippen MR) is 152 cm³/mol. The Morgan fingerprint density at radius 3 is 2.38 bits per heavy atom. The number of hydrogen-bond donors (Lipinski definition) is 2. The SMILES string of the molecule is C[C@H]1[C@@H](CSc2ccccn2)O[C@@H](c2cccc(NS(=O)(=O)c3ccccc3)c2)O[C@H]1c1ccc(CO)cc1. The first-order chi connectivity index (χ1) is 18.9. The molecule has 2 heterocycles. The van der Waals surface area contributed by atoms with E-state index in [1.165, 1.54) is 0 Å². The van der Waals surface area contributed by atoms with Gasteiger partial charge >= 0.3 is 0 Å². The number of rotatable bonds is 9. The van der Waals surface area contributed by atoms with E-state index >= 15 is 0 Å². The minimum absolute atomic E-state index is 0.0252. The fourth-order valence-corrected chi connectivity index (χ4v) is 6.57. The van der Waals surface area contributed by atoms with Crippen molar-refractivity contribution in [2.24, 2.45) is 5.92 Å². The Labute approximate surface area is 233 Å². The maximum absolute atomic E-state index is 12.9. The zero-order valence-corrected chi connectivity index (χ0v) is 23.0. The van der Waals surface area contributed by atoms with Crippen LogP contribution in [0, 0.1) is 5.92 Å². The summed E-state index contributed by atoms with van der Waals surface area (Å²) in [6, 6.07) is 28.9. The van der Waals surface area contributed by atoms with Crippen LogP contribution < -0.4 is 4.72 Å². The molecular formula is C30H30N2O5S2. The Bertz CT molecular complexity index is 1470. The predicted octanol–water partition coefficient (Wildman–Crippen LogP) is 5.96. The van der Waals surface area contributed by atoms with Gasteiger partial charge in [-0.2, -0.15) is 0 Å². The van der Waals surface area contributed by atoms with Crippen molar-refractivity contribution in [1.29, 1.82) is 0 Å². The van der Waals surface area contributed by atoms with Crippen LogP contribution in [-0.4, -0.2) is 30.4 Å². The molecule has 0 amide bonds. The molecule has 4 aromatic rings. The number of ether oxygens (including phenoxy) is 2.